The second kappa shape index (κ2) is 12.0. The molecule has 0 saturated carbocycles. The van der Waals surface area contributed by atoms with Gasteiger partial charge >= 0.3 is 11.9 Å². The van der Waals surface area contributed by atoms with Crippen molar-refractivity contribution >= 4 is 22.8 Å². The zero-order valence-electron chi connectivity index (χ0n) is 17.0. The number of hydrogen-bond acceptors (Lipinski definition) is 7. The Morgan fingerprint density at radius 3 is 2.09 bits per heavy atom. The first-order chi connectivity index (χ1) is 14.9. The quantitative estimate of drug-likeness (QED) is 0.308. The standard InChI is InChI=1S/C17H12N4.C4H6O6.2H2O/c1-2-4-13(5-3-1)17-19-11-14-10-15(6-7-16(14)20-17)21-9-8-18-12-21;5-1(3(7)8)2(6)4(9)10;;/h1-12H;1-2,5-6H,(H,7,8)(H,9,10);2*1H2/t;1-,2-;;/m.1../s1. The van der Waals surface area contributed by atoms with Gasteiger partial charge in [0, 0.05) is 35.2 Å². The molecular formula is C21H22N4O8. The molecule has 0 aliphatic heterocycles. The van der Waals surface area contributed by atoms with Crippen LogP contribution in [0, 0.1) is 0 Å². The summed E-state index contributed by atoms with van der Waals surface area (Å²) in [6.07, 6.45) is 2.79. The SMILES string of the molecule is O.O.O=C(O)[C@H](O)[C@@H](O)C(=O)O.c1ccc(-c2ncc3cc(-n4ccnc4)ccc3n2)cc1. The number of hydrogen-bond donors (Lipinski definition) is 4. The summed E-state index contributed by atoms with van der Waals surface area (Å²) >= 11 is 0. The van der Waals surface area contributed by atoms with Crippen LogP contribution in [0.4, 0.5) is 0 Å². The number of nitrogens with zero attached hydrogens (tertiary/aromatic N) is 4. The number of fused-ring (bicyclic) bond motifs is 1. The van der Waals surface area contributed by atoms with Crippen molar-refractivity contribution in [1.29, 1.82) is 0 Å². The summed E-state index contributed by atoms with van der Waals surface area (Å²) in [4.78, 5) is 32.7. The second-order valence-corrected chi connectivity index (χ2v) is 6.34. The molecule has 174 valence electrons. The number of imidazole rings is 1. The zero-order chi connectivity index (χ0) is 22.4. The van der Waals surface area contributed by atoms with Crippen LogP contribution < -0.4 is 0 Å². The second-order valence-electron chi connectivity index (χ2n) is 6.34. The van der Waals surface area contributed by atoms with Crippen LogP contribution in [0.1, 0.15) is 0 Å². The Morgan fingerprint density at radius 1 is 0.909 bits per heavy atom. The maximum atomic E-state index is 9.77. The van der Waals surface area contributed by atoms with Crippen LogP contribution in [-0.2, 0) is 9.59 Å². The molecule has 0 aliphatic rings. The van der Waals surface area contributed by atoms with Gasteiger partial charge in [-0.1, -0.05) is 30.3 Å². The summed E-state index contributed by atoms with van der Waals surface area (Å²) in [6, 6.07) is 16.1. The van der Waals surface area contributed by atoms with Crippen LogP contribution in [-0.4, -0.2) is 75.0 Å². The lowest BCUT2D eigenvalue weighted by atomic mass is 10.2. The molecule has 12 nitrogen and oxygen atoms in total. The van der Waals surface area contributed by atoms with Crippen molar-refractivity contribution in [1.82, 2.24) is 19.5 Å². The van der Waals surface area contributed by atoms with Crippen LogP contribution in [0.5, 0.6) is 0 Å². The van der Waals surface area contributed by atoms with Crippen LogP contribution in [0.15, 0.2) is 73.4 Å². The minimum Gasteiger partial charge on any atom is -0.479 e. The third-order valence-electron chi connectivity index (χ3n) is 4.20. The van der Waals surface area contributed by atoms with E-state index >= 15 is 0 Å². The Kier molecular flexibility index (Phi) is 9.72. The lowest BCUT2D eigenvalue weighted by Crippen LogP contribution is -2.39. The lowest BCUT2D eigenvalue weighted by Gasteiger charge is -2.07. The maximum Gasteiger partial charge on any atom is 0.335 e. The highest BCUT2D eigenvalue weighted by molar-refractivity contribution is 5.83. The van der Waals surface area contributed by atoms with Gasteiger partial charge in [0.2, 0.25) is 0 Å². The molecule has 2 aromatic heterocycles. The van der Waals surface area contributed by atoms with Crippen LogP contribution >= 0.6 is 0 Å². The van der Waals surface area contributed by atoms with Crippen molar-refractivity contribution < 1.29 is 41.0 Å². The average Bonchev–Trinajstić information content (AvgIpc) is 3.33. The average molecular weight is 458 g/mol. The molecule has 0 fully saturated rings. The monoisotopic (exact) mass is 458 g/mol. The summed E-state index contributed by atoms with van der Waals surface area (Å²) in [5, 5.41) is 33.5. The molecule has 33 heavy (non-hydrogen) atoms. The van der Waals surface area contributed by atoms with E-state index in [1.807, 2.05) is 59.4 Å². The molecule has 2 heterocycles. The molecule has 2 aromatic carbocycles. The topological polar surface area (TPSA) is 222 Å². The molecule has 0 unspecified atom stereocenters. The van der Waals surface area contributed by atoms with Gasteiger partial charge in [-0.3, -0.25) is 0 Å². The third-order valence-corrected chi connectivity index (χ3v) is 4.20. The van der Waals surface area contributed by atoms with E-state index in [0.29, 0.717) is 0 Å². The van der Waals surface area contributed by atoms with Crippen molar-refractivity contribution in [2.45, 2.75) is 12.2 Å². The number of aliphatic hydroxyl groups excluding tert-OH is 2. The largest absolute Gasteiger partial charge is 0.479 e. The van der Waals surface area contributed by atoms with Gasteiger partial charge in [0.1, 0.15) is 0 Å². The summed E-state index contributed by atoms with van der Waals surface area (Å²) in [5.74, 6) is -2.79. The van der Waals surface area contributed by atoms with Gasteiger partial charge in [-0.2, -0.15) is 0 Å². The molecule has 4 aromatic rings. The molecule has 12 heteroatoms. The maximum absolute atomic E-state index is 9.77. The number of benzene rings is 2. The molecule has 2 atom stereocenters. The van der Waals surface area contributed by atoms with E-state index in [1.54, 1.807) is 12.5 Å². The highest BCUT2D eigenvalue weighted by Crippen LogP contribution is 2.20. The van der Waals surface area contributed by atoms with E-state index in [1.165, 1.54) is 0 Å². The van der Waals surface area contributed by atoms with Crippen LogP contribution in [0.3, 0.4) is 0 Å². The Bertz CT molecular complexity index is 1170. The normalized spacial score (nSPS) is 11.7. The molecular weight excluding hydrogens is 436 g/mol. The summed E-state index contributed by atoms with van der Waals surface area (Å²) in [5.41, 5.74) is 3.02. The van der Waals surface area contributed by atoms with Gasteiger partial charge in [-0.15, -0.1) is 0 Å². The highest BCUT2D eigenvalue weighted by atomic mass is 16.4. The van der Waals surface area contributed by atoms with Gasteiger partial charge in [0.05, 0.1) is 11.8 Å². The molecule has 0 spiro atoms. The fourth-order valence-corrected chi connectivity index (χ4v) is 2.59. The molecule has 0 radical (unpaired) electrons. The van der Waals surface area contributed by atoms with Crippen molar-refractivity contribution in [3.63, 3.8) is 0 Å². The number of aromatic nitrogens is 4. The van der Waals surface area contributed by atoms with Crippen LogP contribution in [0.25, 0.3) is 28.0 Å². The van der Waals surface area contributed by atoms with Gasteiger partial charge in [0.25, 0.3) is 0 Å². The highest BCUT2D eigenvalue weighted by Gasteiger charge is 2.29. The first-order valence-corrected chi connectivity index (χ1v) is 8.99. The lowest BCUT2D eigenvalue weighted by molar-refractivity contribution is -0.165. The zero-order valence-corrected chi connectivity index (χ0v) is 17.0. The van der Waals surface area contributed by atoms with Crippen molar-refractivity contribution in [2.75, 3.05) is 0 Å². The minimum atomic E-state index is -2.27. The number of aliphatic carboxylic acids is 2. The predicted octanol–water partition coefficient (Wildman–Crippen LogP) is -0.290. The minimum absolute atomic E-state index is 0. The Morgan fingerprint density at radius 2 is 1.55 bits per heavy atom. The third kappa shape index (κ3) is 6.62. The Labute approximate surface area is 186 Å². The number of carboxylic acids is 2. The Hall–Kier alpha value is -4.23. The predicted molar refractivity (Wildman–Crippen MR) is 117 cm³/mol. The number of aliphatic hydroxyl groups is 2. The van der Waals surface area contributed by atoms with Gasteiger partial charge < -0.3 is 35.9 Å². The molecule has 8 N–H and O–H groups in total. The van der Waals surface area contributed by atoms with E-state index in [0.717, 1.165) is 28.0 Å². The van der Waals surface area contributed by atoms with E-state index in [4.69, 9.17) is 20.4 Å². The van der Waals surface area contributed by atoms with E-state index < -0.39 is 24.1 Å². The number of carbonyl (C=O) groups is 2. The van der Waals surface area contributed by atoms with Gasteiger partial charge in [-0.05, 0) is 18.2 Å². The number of rotatable bonds is 5. The molecule has 4 rings (SSSR count). The molecule has 0 saturated heterocycles. The first kappa shape index (κ1) is 26.8. The van der Waals surface area contributed by atoms with Crippen molar-refractivity contribution in [3.8, 4) is 17.1 Å². The van der Waals surface area contributed by atoms with Crippen LogP contribution in [0.2, 0.25) is 0 Å². The Balaban J connectivity index is 0.000000395. The molecule has 0 bridgehead atoms. The van der Waals surface area contributed by atoms with Crippen molar-refractivity contribution in [3.05, 3.63) is 73.4 Å². The molecule has 0 amide bonds. The first-order valence-electron chi connectivity index (χ1n) is 8.99. The fourth-order valence-electron chi connectivity index (χ4n) is 2.59. The molecule has 0 aliphatic carbocycles. The fraction of sp³-hybridized carbons (Fsp3) is 0.0952. The van der Waals surface area contributed by atoms with E-state index in [2.05, 4.69) is 21.0 Å². The number of carboxylic acid groups (broad SMARTS) is 2. The smallest absolute Gasteiger partial charge is 0.335 e. The van der Waals surface area contributed by atoms with Crippen molar-refractivity contribution in [2.24, 2.45) is 0 Å². The van der Waals surface area contributed by atoms with E-state index in [9.17, 15) is 9.59 Å². The van der Waals surface area contributed by atoms with Gasteiger partial charge in [0.15, 0.2) is 18.0 Å². The summed E-state index contributed by atoms with van der Waals surface area (Å²) < 4.78 is 1.96. The summed E-state index contributed by atoms with van der Waals surface area (Å²) in [6.45, 7) is 0. The summed E-state index contributed by atoms with van der Waals surface area (Å²) in [7, 11) is 0. The van der Waals surface area contributed by atoms with E-state index in [-0.39, 0.29) is 11.0 Å². The van der Waals surface area contributed by atoms with Gasteiger partial charge in [-0.25, -0.2) is 24.5 Å².